The van der Waals surface area contributed by atoms with Crippen molar-refractivity contribution in [3.63, 3.8) is 0 Å². The van der Waals surface area contributed by atoms with E-state index in [-0.39, 0.29) is 18.8 Å². The van der Waals surface area contributed by atoms with E-state index in [1.165, 1.54) is 19.2 Å². The number of methoxy groups -OCH3 is 2. The minimum atomic E-state index is -1.23. The fourth-order valence-corrected chi connectivity index (χ4v) is 3.54. The Hall–Kier alpha value is -3.29. The first-order valence-electron chi connectivity index (χ1n) is 9.19. The van der Waals surface area contributed by atoms with Crippen LogP contribution in [-0.2, 0) is 11.2 Å². The number of hydrogen-bond donors (Lipinski definition) is 1. The van der Waals surface area contributed by atoms with Gasteiger partial charge in [0.1, 0.15) is 5.82 Å². The van der Waals surface area contributed by atoms with Gasteiger partial charge in [-0.2, -0.15) is 0 Å². The fraction of sp³-hybridized carbons (Fsp3) is 0.333. The number of nitrogens with one attached hydrogen (secondary N) is 1. The van der Waals surface area contributed by atoms with E-state index in [0.29, 0.717) is 24.5 Å². The molecular weight excluding hydrogens is 379 g/mol. The summed E-state index contributed by atoms with van der Waals surface area (Å²) in [6.45, 7) is 0.369. The number of benzene rings is 2. The number of rotatable bonds is 6. The predicted octanol–water partition coefficient (Wildman–Crippen LogP) is 1.64. The second-order valence-corrected chi connectivity index (χ2v) is 6.66. The zero-order valence-electron chi connectivity index (χ0n) is 16.2. The van der Waals surface area contributed by atoms with Crippen LogP contribution < -0.4 is 19.9 Å². The number of aliphatic carboxylic acids is 1. The Kier molecular flexibility index (Phi) is 6.21. The van der Waals surface area contributed by atoms with Crippen LogP contribution in [0.1, 0.15) is 29.2 Å². The van der Waals surface area contributed by atoms with Crippen LogP contribution in [0.2, 0.25) is 0 Å². The molecule has 2 aromatic carbocycles. The molecule has 0 aromatic heterocycles. The molecule has 2 amide bonds. The van der Waals surface area contributed by atoms with Gasteiger partial charge in [-0.15, -0.1) is 0 Å². The van der Waals surface area contributed by atoms with E-state index >= 15 is 0 Å². The molecule has 3 rings (SSSR count). The number of fused-ring (bicyclic) bond motifs is 1. The van der Waals surface area contributed by atoms with Gasteiger partial charge in [0.2, 0.25) is 0 Å². The number of urea groups is 1. The predicted molar refractivity (Wildman–Crippen MR) is 101 cm³/mol. The third-order valence-corrected chi connectivity index (χ3v) is 4.93. The van der Waals surface area contributed by atoms with Gasteiger partial charge in [0, 0.05) is 25.5 Å². The Morgan fingerprint density at radius 3 is 2.45 bits per heavy atom. The Labute approximate surface area is 168 Å². The van der Waals surface area contributed by atoms with E-state index < -0.39 is 18.0 Å². The largest absolute Gasteiger partial charge is 0.550 e. The molecule has 1 aliphatic rings. The van der Waals surface area contributed by atoms with Gasteiger partial charge in [-0.05, 0) is 47.4 Å². The van der Waals surface area contributed by atoms with Crippen molar-refractivity contribution in [2.24, 2.45) is 0 Å². The maximum Gasteiger partial charge on any atom is 0.318 e. The van der Waals surface area contributed by atoms with Crippen LogP contribution in [0.3, 0.4) is 0 Å². The van der Waals surface area contributed by atoms with Crippen LogP contribution in [0.15, 0.2) is 36.4 Å². The minimum Gasteiger partial charge on any atom is -0.550 e. The van der Waals surface area contributed by atoms with E-state index in [4.69, 9.17) is 9.47 Å². The molecule has 1 atom stereocenters. The van der Waals surface area contributed by atoms with Gasteiger partial charge in [-0.25, -0.2) is 9.18 Å². The van der Waals surface area contributed by atoms with Crippen LogP contribution in [0.4, 0.5) is 9.18 Å². The fourth-order valence-electron chi connectivity index (χ4n) is 3.54. The SMILES string of the molecule is COc1cc2c(cc1OC)[C@H](c1ccc(F)cc1)N(C(=O)NCCC(=O)[O-])CC2. The van der Waals surface area contributed by atoms with E-state index in [1.807, 2.05) is 12.1 Å². The lowest BCUT2D eigenvalue weighted by Crippen LogP contribution is -2.46. The molecular formula is C21H22FN2O5-. The number of amides is 2. The van der Waals surface area contributed by atoms with Crippen LogP contribution >= 0.6 is 0 Å². The normalized spacial score (nSPS) is 15.4. The number of halogens is 1. The third-order valence-electron chi connectivity index (χ3n) is 4.93. The Morgan fingerprint density at radius 2 is 1.83 bits per heavy atom. The van der Waals surface area contributed by atoms with Crippen LogP contribution in [-0.4, -0.2) is 44.2 Å². The summed E-state index contributed by atoms with van der Waals surface area (Å²) in [5, 5.41) is 13.2. The maximum absolute atomic E-state index is 13.5. The van der Waals surface area contributed by atoms with E-state index in [9.17, 15) is 19.1 Å². The molecule has 0 radical (unpaired) electrons. The zero-order valence-corrected chi connectivity index (χ0v) is 16.2. The van der Waals surface area contributed by atoms with Crippen molar-refractivity contribution in [2.45, 2.75) is 18.9 Å². The van der Waals surface area contributed by atoms with Gasteiger partial charge in [0.05, 0.1) is 20.3 Å². The molecule has 0 saturated heterocycles. The maximum atomic E-state index is 13.5. The summed E-state index contributed by atoms with van der Waals surface area (Å²) in [4.78, 5) is 25.0. The first-order valence-corrected chi connectivity index (χ1v) is 9.19. The molecule has 0 saturated carbocycles. The molecule has 1 heterocycles. The van der Waals surface area contributed by atoms with E-state index in [1.54, 1.807) is 24.1 Å². The van der Waals surface area contributed by atoms with Gasteiger partial charge in [-0.3, -0.25) is 0 Å². The number of carbonyl (C=O) groups excluding carboxylic acids is 2. The van der Waals surface area contributed by atoms with Crippen molar-refractivity contribution < 1.29 is 28.6 Å². The molecule has 0 unspecified atom stereocenters. The summed E-state index contributed by atoms with van der Waals surface area (Å²) in [6, 6.07) is 8.77. The molecule has 1 aliphatic heterocycles. The summed E-state index contributed by atoms with van der Waals surface area (Å²) in [5.41, 5.74) is 2.57. The molecule has 2 aromatic rings. The highest BCUT2D eigenvalue weighted by atomic mass is 19.1. The van der Waals surface area contributed by atoms with Crippen molar-refractivity contribution >= 4 is 12.0 Å². The lowest BCUT2D eigenvalue weighted by Gasteiger charge is -2.38. The number of carboxylic acid groups (broad SMARTS) is 1. The van der Waals surface area contributed by atoms with Crippen LogP contribution in [0, 0.1) is 5.82 Å². The van der Waals surface area contributed by atoms with Crippen molar-refractivity contribution in [2.75, 3.05) is 27.3 Å². The Morgan fingerprint density at radius 1 is 1.17 bits per heavy atom. The average Bonchev–Trinajstić information content (AvgIpc) is 2.72. The summed E-state index contributed by atoms with van der Waals surface area (Å²) in [5.74, 6) is -0.489. The molecule has 8 heteroatoms. The topological polar surface area (TPSA) is 90.9 Å². The van der Waals surface area contributed by atoms with Gasteiger partial charge in [-0.1, -0.05) is 12.1 Å². The minimum absolute atomic E-state index is 0.0351. The molecule has 154 valence electrons. The molecule has 0 aliphatic carbocycles. The number of ether oxygens (including phenoxy) is 2. The number of nitrogens with zero attached hydrogens (tertiary/aromatic N) is 1. The molecule has 29 heavy (non-hydrogen) atoms. The van der Waals surface area contributed by atoms with Gasteiger partial charge < -0.3 is 29.6 Å². The van der Waals surface area contributed by atoms with Crippen molar-refractivity contribution in [3.8, 4) is 11.5 Å². The number of hydrogen-bond acceptors (Lipinski definition) is 5. The number of carboxylic acids is 1. The van der Waals surface area contributed by atoms with E-state index in [2.05, 4.69) is 5.32 Å². The highest BCUT2D eigenvalue weighted by molar-refractivity contribution is 5.77. The Balaban J connectivity index is 2.01. The first kappa shape index (κ1) is 20.4. The summed E-state index contributed by atoms with van der Waals surface area (Å²) in [7, 11) is 3.09. The smallest absolute Gasteiger partial charge is 0.318 e. The summed E-state index contributed by atoms with van der Waals surface area (Å²) in [6.07, 6.45) is 0.309. The van der Waals surface area contributed by atoms with Crippen LogP contribution in [0.5, 0.6) is 11.5 Å². The lowest BCUT2D eigenvalue weighted by molar-refractivity contribution is -0.305. The molecule has 7 nitrogen and oxygen atoms in total. The molecule has 0 fully saturated rings. The standard InChI is InChI=1S/C21H23FN2O5/c1-28-17-11-14-8-10-24(21(27)23-9-7-19(25)26)20(16(14)12-18(17)29-2)13-3-5-15(22)6-4-13/h3-6,11-12,20H,7-10H2,1-2H3,(H,23,27)(H,25,26)/p-1/t20-/m0/s1. The highest BCUT2D eigenvalue weighted by Crippen LogP contribution is 2.41. The van der Waals surface area contributed by atoms with Crippen LogP contribution in [0.25, 0.3) is 0 Å². The molecule has 1 N–H and O–H groups in total. The molecule has 0 bridgehead atoms. The second kappa shape index (κ2) is 8.81. The van der Waals surface area contributed by atoms with Crippen molar-refractivity contribution in [3.05, 3.63) is 58.9 Å². The monoisotopic (exact) mass is 401 g/mol. The lowest BCUT2D eigenvalue weighted by atomic mass is 9.88. The van der Waals surface area contributed by atoms with Gasteiger partial charge in [0.15, 0.2) is 11.5 Å². The van der Waals surface area contributed by atoms with Gasteiger partial charge in [0.25, 0.3) is 0 Å². The second-order valence-electron chi connectivity index (χ2n) is 6.66. The Bertz CT molecular complexity index is 901. The van der Waals surface area contributed by atoms with Crippen molar-refractivity contribution in [1.82, 2.24) is 10.2 Å². The number of carbonyl (C=O) groups is 2. The average molecular weight is 401 g/mol. The van der Waals surface area contributed by atoms with Crippen molar-refractivity contribution in [1.29, 1.82) is 0 Å². The zero-order chi connectivity index (χ0) is 21.0. The summed E-state index contributed by atoms with van der Waals surface area (Å²) < 4.78 is 24.3. The third kappa shape index (κ3) is 4.42. The molecule has 0 spiro atoms. The van der Waals surface area contributed by atoms with Gasteiger partial charge >= 0.3 is 6.03 Å². The first-order chi connectivity index (χ1) is 13.9. The summed E-state index contributed by atoms with van der Waals surface area (Å²) >= 11 is 0. The van der Waals surface area contributed by atoms with E-state index in [0.717, 1.165) is 16.7 Å². The highest BCUT2D eigenvalue weighted by Gasteiger charge is 2.33. The quantitative estimate of drug-likeness (QED) is 0.795.